The molecule has 132 valence electrons. The maximum atomic E-state index is 12.8. The molecule has 0 radical (unpaired) electrons. The number of carbonyl (C=O) groups is 1. The summed E-state index contributed by atoms with van der Waals surface area (Å²) in [6.45, 7) is 1.24. The van der Waals surface area contributed by atoms with Gasteiger partial charge in [0, 0.05) is 18.2 Å². The average Bonchev–Trinajstić information content (AvgIpc) is 3.20. The molecule has 1 atom stereocenters. The molecule has 1 aliphatic rings. The number of hydrogen-bond acceptors (Lipinski definition) is 4. The summed E-state index contributed by atoms with van der Waals surface area (Å²) in [6.07, 6.45) is 3.90. The zero-order valence-corrected chi connectivity index (χ0v) is 14.4. The van der Waals surface area contributed by atoms with E-state index in [1.807, 2.05) is 48.5 Å². The van der Waals surface area contributed by atoms with Crippen molar-refractivity contribution >= 4 is 22.5 Å². The molecule has 26 heavy (non-hydrogen) atoms. The number of nitrogens with zero attached hydrogens (tertiary/aromatic N) is 1. The monoisotopic (exact) mass is 348 g/mol. The van der Waals surface area contributed by atoms with E-state index in [1.54, 1.807) is 12.3 Å². The summed E-state index contributed by atoms with van der Waals surface area (Å²) < 4.78 is 11.5. The highest BCUT2D eigenvalue weighted by Gasteiger charge is 2.18. The molecule has 1 saturated heterocycles. The Balaban J connectivity index is 1.54. The number of anilines is 1. The Morgan fingerprint density at radius 3 is 2.96 bits per heavy atom. The highest BCUT2D eigenvalue weighted by atomic mass is 16.5. The second-order valence-corrected chi connectivity index (χ2v) is 6.27. The number of pyridine rings is 1. The molecule has 0 saturated carbocycles. The van der Waals surface area contributed by atoms with Crippen LogP contribution in [-0.4, -0.2) is 30.2 Å². The highest BCUT2D eigenvalue weighted by molar-refractivity contribution is 6.10. The predicted octanol–water partition coefficient (Wildman–Crippen LogP) is 4.04. The van der Waals surface area contributed by atoms with Crippen LogP contribution in [0.1, 0.15) is 23.2 Å². The number of para-hydroxylation sites is 1. The largest absolute Gasteiger partial charge is 0.490 e. The number of hydrogen-bond donors (Lipinski definition) is 1. The van der Waals surface area contributed by atoms with Crippen LogP contribution in [0.3, 0.4) is 0 Å². The molecular weight excluding hydrogens is 328 g/mol. The highest BCUT2D eigenvalue weighted by Crippen LogP contribution is 2.25. The van der Waals surface area contributed by atoms with E-state index in [4.69, 9.17) is 9.47 Å². The minimum absolute atomic E-state index is 0.107. The number of amides is 1. The van der Waals surface area contributed by atoms with Crippen LogP contribution in [0.15, 0.2) is 60.8 Å². The van der Waals surface area contributed by atoms with Gasteiger partial charge in [-0.2, -0.15) is 0 Å². The molecule has 1 unspecified atom stereocenters. The first-order chi connectivity index (χ1) is 12.8. The van der Waals surface area contributed by atoms with Gasteiger partial charge in [0.15, 0.2) is 0 Å². The van der Waals surface area contributed by atoms with Gasteiger partial charge in [-0.25, -0.2) is 0 Å². The van der Waals surface area contributed by atoms with Gasteiger partial charge in [-0.1, -0.05) is 18.2 Å². The van der Waals surface area contributed by atoms with E-state index in [2.05, 4.69) is 10.3 Å². The second kappa shape index (κ2) is 7.54. The molecule has 5 nitrogen and oxygen atoms in total. The van der Waals surface area contributed by atoms with Crippen LogP contribution >= 0.6 is 0 Å². The third-order valence-corrected chi connectivity index (χ3v) is 4.47. The molecule has 3 aromatic rings. The molecule has 1 fully saturated rings. The van der Waals surface area contributed by atoms with E-state index in [-0.39, 0.29) is 12.0 Å². The van der Waals surface area contributed by atoms with Crippen molar-refractivity contribution in [3.8, 4) is 5.75 Å². The lowest BCUT2D eigenvalue weighted by Gasteiger charge is -2.15. The van der Waals surface area contributed by atoms with Crippen LogP contribution in [-0.2, 0) is 4.74 Å². The molecule has 1 N–H and O–H groups in total. The number of ether oxygens (including phenoxy) is 2. The van der Waals surface area contributed by atoms with E-state index < -0.39 is 0 Å². The van der Waals surface area contributed by atoms with Crippen LogP contribution < -0.4 is 10.1 Å². The van der Waals surface area contributed by atoms with E-state index >= 15 is 0 Å². The molecule has 5 heteroatoms. The molecular formula is C21H20N2O3. The Hall–Kier alpha value is -2.92. The molecule has 1 amide bonds. The van der Waals surface area contributed by atoms with Gasteiger partial charge in [-0.3, -0.25) is 9.78 Å². The lowest BCUT2D eigenvalue weighted by molar-refractivity contribution is 0.0673. The topological polar surface area (TPSA) is 60.5 Å². The normalized spacial score (nSPS) is 16.5. The Morgan fingerprint density at radius 2 is 2.08 bits per heavy atom. The number of benzene rings is 2. The quantitative estimate of drug-likeness (QED) is 0.756. The molecule has 0 aliphatic carbocycles. The Kier molecular flexibility index (Phi) is 4.80. The van der Waals surface area contributed by atoms with Crippen molar-refractivity contribution in [2.75, 3.05) is 18.5 Å². The predicted molar refractivity (Wildman–Crippen MR) is 101 cm³/mol. The first kappa shape index (κ1) is 16.5. The lowest BCUT2D eigenvalue weighted by Crippen LogP contribution is -2.19. The van der Waals surface area contributed by atoms with Gasteiger partial charge in [0.05, 0.1) is 22.9 Å². The molecule has 4 rings (SSSR count). The van der Waals surface area contributed by atoms with Crippen molar-refractivity contribution in [1.82, 2.24) is 4.98 Å². The summed E-state index contributed by atoms with van der Waals surface area (Å²) in [5.74, 6) is 0.364. The van der Waals surface area contributed by atoms with Gasteiger partial charge in [0.25, 0.3) is 5.91 Å². The molecule has 2 heterocycles. The Morgan fingerprint density at radius 1 is 1.15 bits per heavy atom. The van der Waals surface area contributed by atoms with Crippen molar-refractivity contribution < 1.29 is 14.3 Å². The van der Waals surface area contributed by atoms with Crippen molar-refractivity contribution in [2.24, 2.45) is 0 Å². The van der Waals surface area contributed by atoms with Crippen LogP contribution in [0.4, 0.5) is 5.69 Å². The van der Waals surface area contributed by atoms with Crippen molar-refractivity contribution in [3.63, 3.8) is 0 Å². The Bertz CT molecular complexity index is 915. The fourth-order valence-corrected chi connectivity index (χ4v) is 3.14. The summed E-state index contributed by atoms with van der Waals surface area (Å²) >= 11 is 0. The second-order valence-electron chi connectivity index (χ2n) is 6.27. The molecule has 0 bridgehead atoms. The number of nitrogens with one attached hydrogen (secondary N) is 1. The van der Waals surface area contributed by atoms with E-state index in [0.717, 1.165) is 36.0 Å². The van der Waals surface area contributed by atoms with E-state index in [9.17, 15) is 4.79 Å². The first-order valence-corrected chi connectivity index (χ1v) is 8.80. The van der Waals surface area contributed by atoms with E-state index in [0.29, 0.717) is 17.9 Å². The summed E-state index contributed by atoms with van der Waals surface area (Å²) in [5, 5.41) is 3.88. The number of aromatic nitrogens is 1. The van der Waals surface area contributed by atoms with Crippen LogP contribution in [0.25, 0.3) is 10.9 Å². The van der Waals surface area contributed by atoms with Gasteiger partial charge in [-0.15, -0.1) is 0 Å². The zero-order chi connectivity index (χ0) is 17.8. The summed E-state index contributed by atoms with van der Waals surface area (Å²) in [7, 11) is 0. The summed E-state index contributed by atoms with van der Waals surface area (Å²) in [6, 6.07) is 16.8. The smallest absolute Gasteiger partial charge is 0.259 e. The van der Waals surface area contributed by atoms with Gasteiger partial charge in [0.1, 0.15) is 12.4 Å². The average molecular weight is 348 g/mol. The standard InChI is InChI=1S/C21H20N2O3/c24-21(23-19-10-3-9-18-16(19)8-4-12-22-18)17-7-1-2-11-20(17)26-14-15-6-5-13-25-15/h1-4,7-12,15H,5-6,13-14H2,(H,23,24). The molecule has 2 aromatic carbocycles. The fraction of sp³-hybridized carbons (Fsp3) is 0.238. The third kappa shape index (κ3) is 3.53. The maximum absolute atomic E-state index is 12.8. The van der Waals surface area contributed by atoms with Gasteiger partial charge in [0.2, 0.25) is 0 Å². The van der Waals surface area contributed by atoms with Crippen LogP contribution in [0, 0.1) is 0 Å². The molecule has 0 spiro atoms. The SMILES string of the molecule is O=C(Nc1cccc2ncccc12)c1ccccc1OCC1CCCO1. The van der Waals surface area contributed by atoms with Crippen LogP contribution in [0.5, 0.6) is 5.75 Å². The third-order valence-electron chi connectivity index (χ3n) is 4.47. The lowest BCUT2D eigenvalue weighted by atomic mass is 10.1. The van der Waals surface area contributed by atoms with Crippen molar-refractivity contribution in [1.29, 1.82) is 0 Å². The fourth-order valence-electron chi connectivity index (χ4n) is 3.14. The molecule has 1 aromatic heterocycles. The maximum Gasteiger partial charge on any atom is 0.259 e. The Labute approximate surface area is 152 Å². The zero-order valence-electron chi connectivity index (χ0n) is 14.4. The van der Waals surface area contributed by atoms with Crippen molar-refractivity contribution in [2.45, 2.75) is 18.9 Å². The molecule has 1 aliphatic heterocycles. The number of fused-ring (bicyclic) bond motifs is 1. The minimum atomic E-state index is -0.204. The van der Waals surface area contributed by atoms with Crippen LogP contribution in [0.2, 0.25) is 0 Å². The summed E-state index contributed by atoms with van der Waals surface area (Å²) in [4.78, 5) is 17.2. The van der Waals surface area contributed by atoms with Crippen molar-refractivity contribution in [3.05, 3.63) is 66.4 Å². The van der Waals surface area contributed by atoms with Gasteiger partial charge >= 0.3 is 0 Å². The first-order valence-electron chi connectivity index (χ1n) is 8.80. The van der Waals surface area contributed by atoms with Gasteiger partial charge in [-0.05, 0) is 49.2 Å². The minimum Gasteiger partial charge on any atom is -0.490 e. The summed E-state index contributed by atoms with van der Waals surface area (Å²) in [5.41, 5.74) is 2.08. The van der Waals surface area contributed by atoms with E-state index in [1.165, 1.54) is 0 Å². The number of rotatable bonds is 5. The van der Waals surface area contributed by atoms with Gasteiger partial charge < -0.3 is 14.8 Å². The number of carbonyl (C=O) groups excluding carboxylic acids is 1.